The molecule has 0 saturated heterocycles. The smallest absolute Gasteiger partial charge is 0.152 e. The second-order valence-electron chi connectivity index (χ2n) is 4.13. The maximum absolute atomic E-state index is 5.72. The third kappa shape index (κ3) is 3.04. The Bertz CT molecular complexity index is 588. The molecule has 0 saturated carbocycles. The minimum Gasteiger partial charge on any atom is -0.496 e. The van der Waals surface area contributed by atoms with E-state index >= 15 is 0 Å². The van der Waals surface area contributed by atoms with Gasteiger partial charge in [0.25, 0.3) is 0 Å². The molecule has 2 heterocycles. The van der Waals surface area contributed by atoms with Crippen molar-refractivity contribution in [3.63, 3.8) is 0 Å². The van der Waals surface area contributed by atoms with E-state index < -0.39 is 0 Å². The molecule has 5 heteroatoms. The molecule has 0 aliphatic carbocycles. The van der Waals surface area contributed by atoms with Gasteiger partial charge < -0.3 is 9.47 Å². The monoisotopic (exact) mass is 322 g/mol. The van der Waals surface area contributed by atoms with Crippen LogP contribution in [0.2, 0.25) is 0 Å². The Morgan fingerprint density at radius 2 is 2.05 bits per heavy atom. The molecule has 2 aromatic rings. The van der Waals surface area contributed by atoms with Crippen molar-refractivity contribution in [2.45, 2.75) is 20.5 Å². The van der Waals surface area contributed by atoms with Crippen LogP contribution in [-0.2, 0) is 6.61 Å². The van der Waals surface area contributed by atoms with Crippen LogP contribution in [0, 0.1) is 13.8 Å². The number of pyridine rings is 2. The molecule has 0 aliphatic heterocycles. The zero-order valence-corrected chi connectivity index (χ0v) is 12.7. The second-order valence-corrected chi connectivity index (χ2v) is 4.88. The average Bonchev–Trinajstić information content (AvgIpc) is 2.40. The van der Waals surface area contributed by atoms with Crippen LogP contribution in [-0.4, -0.2) is 17.1 Å². The maximum atomic E-state index is 5.72. The molecule has 0 unspecified atom stereocenters. The van der Waals surface area contributed by atoms with Gasteiger partial charge in [0, 0.05) is 23.5 Å². The summed E-state index contributed by atoms with van der Waals surface area (Å²) in [7, 11) is 1.66. The van der Waals surface area contributed by atoms with Gasteiger partial charge in [-0.1, -0.05) is 0 Å². The molecule has 100 valence electrons. The molecule has 2 rings (SSSR count). The summed E-state index contributed by atoms with van der Waals surface area (Å²) in [6.45, 7) is 4.34. The number of halogens is 1. The quantitative estimate of drug-likeness (QED) is 0.809. The summed E-state index contributed by atoms with van der Waals surface area (Å²) in [5.41, 5.74) is 2.88. The first kappa shape index (κ1) is 13.8. The Morgan fingerprint density at radius 1 is 1.26 bits per heavy atom. The first-order valence-electron chi connectivity index (χ1n) is 5.86. The standard InChI is InChI=1S/C14H15BrN2O2/c1-9-7-17-11(10(2)13(9)18-3)8-19-12-5-4-6-16-14(12)15/h4-7H,8H2,1-3H3. The van der Waals surface area contributed by atoms with Gasteiger partial charge in [0.15, 0.2) is 5.75 Å². The van der Waals surface area contributed by atoms with Crippen LogP contribution in [0.3, 0.4) is 0 Å². The largest absolute Gasteiger partial charge is 0.496 e. The van der Waals surface area contributed by atoms with E-state index in [1.807, 2.05) is 26.0 Å². The predicted octanol–water partition coefficient (Wildman–Crippen LogP) is 3.44. The highest BCUT2D eigenvalue weighted by Gasteiger charge is 2.10. The number of hydrogen-bond acceptors (Lipinski definition) is 4. The van der Waals surface area contributed by atoms with E-state index in [0.717, 1.165) is 22.6 Å². The maximum Gasteiger partial charge on any atom is 0.152 e. The van der Waals surface area contributed by atoms with Crippen LogP contribution >= 0.6 is 15.9 Å². The van der Waals surface area contributed by atoms with Crippen molar-refractivity contribution >= 4 is 15.9 Å². The summed E-state index contributed by atoms with van der Waals surface area (Å²) >= 11 is 3.35. The van der Waals surface area contributed by atoms with E-state index in [9.17, 15) is 0 Å². The van der Waals surface area contributed by atoms with Crippen molar-refractivity contribution in [2.75, 3.05) is 7.11 Å². The van der Waals surface area contributed by atoms with Crippen LogP contribution in [0.1, 0.15) is 16.8 Å². The number of methoxy groups -OCH3 is 1. The summed E-state index contributed by atoms with van der Waals surface area (Å²) in [6, 6.07) is 3.69. The Labute approximate surface area is 120 Å². The molecule has 0 bridgehead atoms. The summed E-state index contributed by atoms with van der Waals surface area (Å²) in [5.74, 6) is 1.56. The second kappa shape index (κ2) is 6.02. The van der Waals surface area contributed by atoms with Gasteiger partial charge in [0.05, 0.1) is 12.8 Å². The van der Waals surface area contributed by atoms with Crippen molar-refractivity contribution in [1.29, 1.82) is 0 Å². The van der Waals surface area contributed by atoms with Crippen molar-refractivity contribution < 1.29 is 9.47 Å². The van der Waals surface area contributed by atoms with Crippen molar-refractivity contribution in [3.8, 4) is 11.5 Å². The molecule has 0 atom stereocenters. The molecule has 0 radical (unpaired) electrons. The van der Waals surface area contributed by atoms with Crippen molar-refractivity contribution in [2.24, 2.45) is 0 Å². The molecule has 0 aliphatic rings. The Balaban J connectivity index is 2.19. The van der Waals surface area contributed by atoms with Gasteiger partial charge in [-0.2, -0.15) is 0 Å². The van der Waals surface area contributed by atoms with Gasteiger partial charge >= 0.3 is 0 Å². The topological polar surface area (TPSA) is 44.2 Å². The van der Waals surface area contributed by atoms with Gasteiger partial charge in [-0.25, -0.2) is 4.98 Å². The molecule has 4 nitrogen and oxygen atoms in total. The number of hydrogen-bond donors (Lipinski definition) is 0. The SMILES string of the molecule is COc1c(C)cnc(COc2cccnc2Br)c1C. The summed E-state index contributed by atoms with van der Waals surface area (Å²) in [4.78, 5) is 8.50. The lowest BCUT2D eigenvalue weighted by Gasteiger charge is -2.13. The van der Waals surface area contributed by atoms with Crippen LogP contribution in [0.25, 0.3) is 0 Å². The lowest BCUT2D eigenvalue weighted by atomic mass is 10.1. The molecule has 19 heavy (non-hydrogen) atoms. The van der Waals surface area contributed by atoms with Gasteiger partial charge in [-0.3, -0.25) is 4.98 Å². The average molecular weight is 323 g/mol. The summed E-state index contributed by atoms with van der Waals surface area (Å²) in [5, 5.41) is 0. The third-order valence-corrected chi connectivity index (χ3v) is 3.43. The predicted molar refractivity (Wildman–Crippen MR) is 76.5 cm³/mol. The highest BCUT2D eigenvalue weighted by Crippen LogP contribution is 2.26. The van der Waals surface area contributed by atoms with Gasteiger partial charge in [-0.15, -0.1) is 0 Å². The molecular weight excluding hydrogens is 308 g/mol. The van der Waals surface area contributed by atoms with Crippen LogP contribution in [0.5, 0.6) is 11.5 Å². The normalized spacial score (nSPS) is 10.3. The highest BCUT2D eigenvalue weighted by molar-refractivity contribution is 9.10. The Morgan fingerprint density at radius 3 is 2.74 bits per heavy atom. The van der Waals surface area contributed by atoms with E-state index in [4.69, 9.17) is 9.47 Å². The van der Waals surface area contributed by atoms with E-state index in [2.05, 4.69) is 25.9 Å². The molecule has 0 spiro atoms. The van der Waals surface area contributed by atoms with Crippen LogP contribution < -0.4 is 9.47 Å². The molecule has 0 amide bonds. The van der Waals surface area contributed by atoms with Gasteiger partial charge in [0.1, 0.15) is 17.0 Å². The summed E-state index contributed by atoms with van der Waals surface area (Å²) in [6.07, 6.45) is 3.50. The lowest BCUT2D eigenvalue weighted by Crippen LogP contribution is -2.04. The minimum atomic E-state index is 0.382. The third-order valence-electron chi connectivity index (χ3n) is 2.84. The van der Waals surface area contributed by atoms with Gasteiger partial charge in [-0.05, 0) is 41.9 Å². The number of rotatable bonds is 4. The Kier molecular flexibility index (Phi) is 4.37. The van der Waals surface area contributed by atoms with E-state index in [1.165, 1.54) is 0 Å². The Hall–Kier alpha value is -1.62. The fraction of sp³-hybridized carbons (Fsp3) is 0.286. The van der Waals surface area contributed by atoms with E-state index in [-0.39, 0.29) is 0 Å². The zero-order valence-electron chi connectivity index (χ0n) is 11.1. The number of nitrogens with zero attached hydrogens (tertiary/aromatic N) is 2. The first-order valence-corrected chi connectivity index (χ1v) is 6.65. The van der Waals surface area contributed by atoms with Crippen molar-refractivity contribution in [1.82, 2.24) is 9.97 Å². The fourth-order valence-corrected chi connectivity index (χ4v) is 2.21. The van der Waals surface area contributed by atoms with Crippen molar-refractivity contribution in [3.05, 3.63) is 46.0 Å². The number of aryl methyl sites for hydroxylation is 1. The molecule has 0 aromatic carbocycles. The first-order chi connectivity index (χ1) is 9.13. The minimum absolute atomic E-state index is 0.382. The van der Waals surface area contributed by atoms with Crippen LogP contribution in [0.15, 0.2) is 29.1 Å². The molecular formula is C14H15BrN2O2. The summed E-state index contributed by atoms with van der Waals surface area (Å²) < 4.78 is 11.8. The lowest BCUT2D eigenvalue weighted by molar-refractivity contribution is 0.295. The van der Waals surface area contributed by atoms with E-state index in [1.54, 1.807) is 19.5 Å². The molecule has 0 N–H and O–H groups in total. The van der Waals surface area contributed by atoms with Gasteiger partial charge in [0.2, 0.25) is 0 Å². The molecule has 0 fully saturated rings. The van der Waals surface area contributed by atoms with E-state index in [0.29, 0.717) is 17.0 Å². The highest BCUT2D eigenvalue weighted by atomic mass is 79.9. The number of ether oxygens (including phenoxy) is 2. The molecule has 2 aromatic heterocycles. The van der Waals surface area contributed by atoms with Crippen LogP contribution in [0.4, 0.5) is 0 Å². The zero-order chi connectivity index (χ0) is 13.8. The fourth-order valence-electron chi connectivity index (χ4n) is 1.84. The number of aromatic nitrogens is 2.